The minimum Gasteiger partial charge on any atom is -0.324 e. The zero-order chi connectivity index (χ0) is 10.8. The van der Waals surface area contributed by atoms with Crippen LogP contribution in [0.25, 0.3) is 0 Å². The first kappa shape index (κ1) is 10.3. The van der Waals surface area contributed by atoms with E-state index in [9.17, 15) is 0 Å². The molecule has 0 unspecified atom stereocenters. The van der Waals surface area contributed by atoms with E-state index in [0.29, 0.717) is 18.9 Å². The lowest BCUT2D eigenvalue weighted by Crippen LogP contribution is -2.03. The second-order valence-corrected chi connectivity index (χ2v) is 4.60. The van der Waals surface area contributed by atoms with Crippen molar-refractivity contribution in [1.29, 1.82) is 0 Å². The average Bonchev–Trinajstić information content (AvgIpc) is 2.76. The number of aryl methyl sites for hydroxylation is 2. The predicted molar refractivity (Wildman–Crippen MR) is 58.6 cm³/mol. The van der Waals surface area contributed by atoms with Crippen molar-refractivity contribution in [2.24, 2.45) is 5.73 Å². The molecule has 0 aromatic carbocycles. The van der Waals surface area contributed by atoms with E-state index in [0.717, 1.165) is 10.7 Å². The number of nitrogens with zero attached hydrogens (tertiary/aromatic N) is 4. The van der Waals surface area contributed by atoms with Crippen molar-refractivity contribution >= 4 is 11.3 Å². The monoisotopic (exact) mass is 223 g/mol. The molecular formula is C9H13N5S. The molecule has 2 rings (SSSR count). The fraction of sp³-hybridized carbons (Fsp3) is 0.444. The van der Waals surface area contributed by atoms with Crippen molar-refractivity contribution in [3.05, 3.63) is 27.7 Å². The molecule has 0 fully saturated rings. The van der Waals surface area contributed by atoms with E-state index in [2.05, 4.69) is 22.0 Å². The highest BCUT2D eigenvalue weighted by molar-refractivity contribution is 7.11. The molecule has 0 atom stereocenters. The van der Waals surface area contributed by atoms with Crippen molar-refractivity contribution in [2.75, 3.05) is 0 Å². The molecule has 0 radical (unpaired) electrons. The van der Waals surface area contributed by atoms with Gasteiger partial charge >= 0.3 is 0 Å². The lowest BCUT2D eigenvalue weighted by Gasteiger charge is -1.94. The van der Waals surface area contributed by atoms with Crippen LogP contribution in [0, 0.1) is 13.8 Å². The lowest BCUT2D eigenvalue weighted by molar-refractivity contribution is 0.667. The predicted octanol–water partition coefficient (Wildman–Crippen LogP) is 0.858. The zero-order valence-electron chi connectivity index (χ0n) is 8.77. The highest BCUT2D eigenvalue weighted by Crippen LogP contribution is 2.16. The number of nitrogens with two attached hydrogens (primary N) is 1. The summed E-state index contributed by atoms with van der Waals surface area (Å²) in [5.74, 6) is 0.667. The molecule has 15 heavy (non-hydrogen) atoms. The lowest BCUT2D eigenvalue weighted by atomic mass is 10.4. The van der Waals surface area contributed by atoms with Crippen LogP contribution in [0.2, 0.25) is 0 Å². The highest BCUT2D eigenvalue weighted by atomic mass is 32.1. The van der Waals surface area contributed by atoms with Gasteiger partial charge in [-0.25, -0.2) is 14.6 Å². The molecule has 0 saturated carbocycles. The number of hydrogen-bond acceptors (Lipinski definition) is 5. The van der Waals surface area contributed by atoms with E-state index < -0.39 is 0 Å². The van der Waals surface area contributed by atoms with Gasteiger partial charge in [0.1, 0.15) is 11.3 Å². The number of hydrogen-bond donors (Lipinski definition) is 1. The SMILES string of the molecule is Cc1nc(Cn2cnc(CN)n2)sc1C. The van der Waals surface area contributed by atoms with Crippen LogP contribution in [0.1, 0.15) is 21.4 Å². The molecule has 2 heterocycles. The van der Waals surface area contributed by atoms with Crippen LogP contribution in [0.3, 0.4) is 0 Å². The highest BCUT2D eigenvalue weighted by Gasteiger charge is 2.05. The Labute approximate surface area is 92.0 Å². The third-order valence-electron chi connectivity index (χ3n) is 2.14. The minimum atomic E-state index is 0.378. The van der Waals surface area contributed by atoms with Gasteiger partial charge in [-0.05, 0) is 13.8 Å². The van der Waals surface area contributed by atoms with Crippen LogP contribution in [-0.2, 0) is 13.1 Å². The summed E-state index contributed by atoms with van der Waals surface area (Å²) in [5.41, 5.74) is 6.53. The quantitative estimate of drug-likeness (QED) is 0.837. The summed E-state index contributed by atoms with van der Waals surface area (Å²) >= 11 is 1.70. The number of rotatable bonds is 3. The minimum absolute atomic E-state index is 0.378. The smallest absolute Gasteiger partial charge is 0.164 e. The van der Waals surface area contributed by atoms with Crippen LogP contribution in [0.15, 0.2) is 6.33 Å². The summed E-state index contributed by atoms with van der Waals surface area (Å²) in [6, 6.07) is 0. The molecule has 0 spiro atoms. The third kappa shape index (κ3) is 2.21. The number of thiazole rings is 1. The molecule has 0 saturated heterocycles. The van der Waals surface area contributed by atoms with Crippen LogP contribution < -0.4 is 5.73 Å². The van der Waals surface area contributed by atoms with Crippen LogP contribution in [-0.4, -0.2) is 19.7 Å². The molecule has 2 aromatic heterocycles. The molecule has 6 heteroatoms. The van der Waals surface area contributed by atoms with Gasteiger partial charge in [-0.2, -0.15) is 5.10 Å². The van der Waals surface area contributed by atoms with Gasteiger partial charge in [0, 0.05) is 4.88 Å². The Balaban J connectivity index is 2.14. The van der Waals surface area contributed by atoms with Gasteiger partial charge < -0.3 is 5.73 Å². The first-order valence-corrected chi connectivity index (χ1v) is 5.52. The summed E-state index contributed by atoms with van der Waals surface area (Å²) in [7, 11) is 0. The zero-order valence-corrected chi connectivity index (χ0v) is 9.58. The summed E-state index contributed by atoms with van der Waals surface area (Å²) in [6.45, 7) is 5.14. The van der Waals surface area contributed by atoms with Crippen molar-refractivity contribution < 1.29 is 0 Å². The van der Waals surface area contributed by atoms with Gasteiger partial charge in [-0.1, -0.05) is 0 Å². The van der Waals surface area contributed by atoms with E-state index in [1.165, 1.54) is 4.88 Å². The largest absolute Gasteiger partial charge is 0.324 e. The van der Waals surface area contributed by atoms with E-state index in [4.69, 9.17) is 5.73 Å². The van der Waals surface area contributed by atoms with E-state index in [1.54, 1.807) is 22.3 Å². The Bertz CT molecular complexity index is 439. The van der Waals surface area contributed by atoms with Gasteiger partial charge in [0.2, 0.25) is 0 Å². The van der Waals surface area contributed by atoms with Crippen LogP contribution in [0.4, 0.5) is 0 Å². The van der Waals surface area contributed by atoms with E-state index >= 15 is 0 Å². The maximum Gasteiger partial charge on any atom is 0.164 e. The van der Waals surface area contributed by atoms with Crippen molar-refractivity contribution in [2.45, 2.75) is 26.9 Å². The summed E-state index contributed by atoms with van der Waals surface area (Å²) < 4.78 is 1.76. The maximum atomic E-state index is 5.43. The van der Waals surface area contributed by atoms with Gasteiger partial charge in [0.15, 0.2) is 5.82 Å². The standard InChI is InChI=1S/C9H13N5S/c1-6-7(2)15-9(12-6)4-14-5-11-8(3-10)13-14/h5H,3-4,10H2,1-2H3. The third-order valence-corrected chi connectivity index (χ3v) is 3.19. The molecule has 0 bridgehead atoms. The fourth-order valence-corrected chi connectivity index (χ4v) is 2.17. The molecule has 80 valence electrons. The van der Waals surface area contributed by atoms with E-state index in [-0.39, 0.29) is 0 Å². The van der Waals surface area contributed by atoms with E-state index in [1.807, 2.05) is 6.92 Å². The first-order chi connectivity index (χ1) is 7.19. The van der Waals surface area contributed by atoms with Crippen molar-refractivity contribution in [1.82, 2.24) is 19.7 Å². The van der Waals surface area contributed by atoms with Gasteiger partial charge in [0.05, 0.1) is 18.8 Å². The normalized spacial score (nSPS) is 10.9. The number of aromatic nitrogens is 4. The topological polar surface area (TPSA) is 69.6 Å². The van der Waals surface area contributed by atoms with Crippen molar-refractivity contribution in [3.63, 3.8) is 0 Å². The molecule has 0 amide bonds. The summed E-state index contributed by atoms with van der Waals surface area (Å²) in [5, 5.41) is 5.26. The molecule has 2 N–H and O–H groups in total. The Hall–Kier alpha value is -1.27. The second kappa shape index (κ2) is 4.08. The molecule has 5 nitrogen and oxygen atoms in total. The average molecular weight is 223 g/mol. The van der Waals surface area contributed by atoms with Crippen LogP contribution >= 0.6 is 11.3 Å². The Morgan fingerprint density at radius 2 is 2.27 bits per heavy atom. The summed E-state index contributed by atoms with van der Waals surface area (Å²) in [6.07, 6.45) is 1.69. The second-order valence-electron chi connectivity index (χ2n) is 3.31. The van der Waals surface area contributed by atoms with Gasteiger partial charge in [0.25, 0.3) is 0 Å². The Morgan fingerprint density at radius 1 is 1.47 bits per heavy atom. The summed E-state index contributed by atoms with van der Waals surface area (Å²) in [4.78, 5) is 9.76. The first-order valence-electron chi connectivity index (χ1n) is 4.70. The van der Waals surface area contributed by atoms with Crippen molar-refractivity contribution in [3.8, 4) is 0 Å². The molecular weight excluding hydrogens is 210 g/mol. The Kier molecular flexibility index (Phi) is 2.79. The molecule has 0 aliphatic rings. The van der Waals surface area contributed by atoms with Gasteiger partial charge in [-0.15, -0.1) is 11.3 Å². The fourth-order valence-electron chi connectivity index (χ4n) is 1.25. The molecule has 2 aromatic rings. The van der Waals surface area contributed by atoms with Crippen LogP contribution in [0.5, 0.6) is 0 Å². The van der Waals surface area contributed by atoms with Gasteiger partial charge in [-0.3, -0.25) is 0 Å². The Morgan fingerprint density at radius 3 is 2.80 bits per heavy atom. The molecule has 0 aliphatic carbocycles. The maximum absolute atomic E-state index is 5.43. The molecule has 0 aliphatic heterocycles.